The van der Waals surface area contributed by atoms with Gasteiger partial charge in [0.15, 0.2) is 0 Å². The Labute approximate surface area is 118 Å². The van der Waals surface area contributed by atoms with E-state index in [1.54, 1.807) is 24.3 Å². The Kier molecular flexibility index (Phi) is 4.61. The number of nitrogens with one attached hydrogen (secondary N) is 1. The highest BCUT2D eigenvalue weighted by Gasteiger charge is 2.27. The van der Waals surface area contributed by atoms with Crippen molar-refractivity contribution in [3.8, 4) is 0 Å². The molecule has 0 radical (unpaired) electrons. The van der Waals surface area contributed by atoms with Gasteiger partial charge in [0.1, 0.15) is 0 Å². The van der Waals surface area contributed by atoms with Crippen molar-refractivity contribution in [2.45, 2.75) is 31.7 Å². The van der Waals surface area contributed by atoms with Crippen LogP contribution in [0.5, 0.6) is 0 Å². The summed E-state index contributed by atoms with van der Waals surface area (Å²) >= 11 is 0. The van der Waals surface area contributed by atoms with Gasteiger partial charge in [-0.05, 0) is 37.8 Å². The lowest BCUT2D eigenvalue weighted by Gasteiger charge is -2.27. The second kappa shape index (κ2) is 6.41. The molecule has 1 aliphatic carbocycles. The van der Waals surface area contributed by atoms with Gasteiger partial charge in [0.2, 0.25) is 0 Å². The van der Waals surface area contributed by atoms with Crippen molar-refractivity contribution >= 4 is 17.6 Å². The molecular formula is C15H20N2O3. The molecule has 1 aromatic rings. The lowest BCUT2D eigenvalue weighted by Crippen LogP contribution is -2.39. The minimum atomic E-state index is -0.151. The molecule has 0 atom stereocenters. The summed E-state index contributed by atoms with van der Waals surface area (Å²) in [7, 11) is 1.41. The van der Waals surface area contributed by atoms with Gasteiger partial charge in [0.25, 0.3) is 5.91 Å². The highest BCUT2D eigenvalue weighted by atomic mass is 16.5. The maximum atomic E-state index is 12.1. The molecule has 20 heavy (non-hydrogen) atoms. The third-order valence-electron chi connectivity index (χ3n) is 3.80. The summed E-state index contributed by atoms with van der Waals surface area (Å²) in [4.78, 5) is 23.6. The first-order chi connectivity index (χ1) is 9.61. The maximum Gasteiger partial charge on any atom is 0.308 e. The first-order valence-corrected chi connectivity index (χ1v) is 6.85. The number of anilines is 1. The van der Waals surface area contributed by atoms with E-state index in [1.807, 2.05) is 0 Å². The Hall–Kier alpha value is -2.04. The molecule has 0 unspecified atom stereocenters. The monoisotopic (exact) mass is 276 g/mol. The van der Waals surface area contributed by atoms with E-state index < -0.39 is 0 Å². The number of nitrogen functional groups attached to an aromatic ring is 1. The van der Waals surface area contributed by atoms with Gasteiger partial charge < -0.3 is 15.8 Å². The fourth-order valence-electron chi connectivity index (χ4n) is 2.61. The Morgan fingerprint density at radius 1 is 1.20 bits per heavy atom. The Morgan fingerprint density at radius 2 is 1.85 bits per heavy atom. The van der Waals surface area contributed by atoms with Crippen LogP contribution in [0.15, 0.2) is 24.3 Å². The zero-order valence-corrected chi connectivity index (χ0v) is 11.6. The number of amides is 1. The van der Waals surface area contributed by atoms with Gasteiger partial charge in [-0.2, -0.15) is 0 Å². The molecule has 1 amide bonds. The van der Waals surface area contributed by atoms with Crippen molar-refractivity contribution in [3.05, 3.63) is 29.8 Å². The van der Waals surface area contributed by atoms with Gasteiger partial charge in [-0.15, -0.1) is 0 Å². The molecule has 1 aromatic carbocycles. The number of rotatable bonds is 3. The van der Waals surface area contributed by atoms with Crippen molar-refractivity contribution in [2.75, 3.05) is 12.8 Å². The summed E-state index contributed by atoms with van der Waals surface area (Å²) in [5.41, 5.74) is 6.77. The number of methoxy groups -OCH3 is 1. The molecule has 1 saturated carbocycles. The predicted molar refractivity (Wildman–Crippen MR) is 76.1 cm³/mol. The molecule has 0 aromatic heterocycles. The number of para-hydroxylation sites is 1. The van der Waals surface area contributed by atoms with Crippen LogP contribution in [0, 0.1) is 5.92 Å². The molecule has 0 saturated heterocycles. The fraction of sp³-hybridized carbons (Fsp3) is 0.467. The molecular weight excluding hydrogens is 256 g/mol. The maximum absolute atomic E-state index is 12.1. The number of hydrogen-bond donors (Lipinski definition) is 2. The van der Waals surface area contributed by atoms with E-state index in [0.717, 1.165) is 25.7 Å². The van der Waals surface area contributed by atoms with Crippen molar-refractivity contribution < 1.29 is 14.3 Å². The standard InChI is InChI=1S/C15H20N2O3/c1-20-15(19)10-6-8-11(9-7-10)17-14(18)12-4-2-3-5-13(12)16/h2-5,10-11H,6-9,16H2,1H3,(H,17,18). The van der Waals surface area contributed by atoms with Crippen LogP contribution in [0.1, 0.15) is 36.0 Å². The number of esters is 1. The van der Waals surface area contributed by atoms with Crippen LogP contribution in [-0.4, -0.2) is 25.0 Å². The van der Waals surface area contributed by atoms with E-state index in [4.69, 9.17) is 10.5 Å². The second-order valence-corrected chi connectivity index (χ2v) is 5.13. The smallest absolute Gasteiger partial charge is 0.308 e. The average Bonchev–Trinajstić information content (AvgIpc) is 2.47. The van der Waals surface area contributed by atoms with Crippen LogP contribution < -0.4 is 11.1 Å². The minimum absolute atomic E-state index is 0.0325. The summed E-state index contributed by atoms with van der Waals surface area (Å²) < 4.78 is 4.75. The summed E-state index contributed by atoms with van der Waals surface area (Å²) in [5, 5.41) is 2.98. The number of hydrogen-bond acceptors (Lipinski definition) is 4. The van der Waals surface area contributed by atoms with Gasteiger partial charge in [0.05, 0.1) is 18.6 Å². The summed E-state index contributed by atoms with van der Waals surface area (Å²) in [5.74, 6) is -0.332. The van der Waals surface area contributed by atoms with Gasteiger partial charge >= 0.3 is 5.97 Å². The van der Waals surface area contributed by atoms with E-state index in [1.165, 1.54) is 7.11 Å². The topological polar surface area (TPSA) is 81.4 Å². The molecule has 5 nitrogen and oxygen atoms in total. The lowest BCUT2D eigenvalue weighted by atomic mass is 9.86. The van der Waals surface area contributed by atoms with Crippen molar-refractivity contribution in [1.29, 1.82) is 0 Å². The van der Waals surface area contributed by atoms with Crippen LogP contribution in [0.2, 0.25) is 0 Å². The summed E-state index contributed by atoms with van der Waals surface area (Å²) in [6.07, 6.45) is 3.08. The molecule has 5 heteroatoms. The van der Waals surface area contributed by atoms with Gasteiger partial charge in [-0.3, -0.25) is 9.59 Å². The van der Waals surface area contributed by atoms with E-state index >= 15 is 0 Å². The van der Waals surface area contributed by atoms with Crippen LogP contribution in [0.4, 0.5) is 5.69 Å². The third-order valence-corrected chi connectivity index (χ3v) is 3.80. The Bertz CT molecular complexity index is 494. The normalized spacial score (nSPS) is 22.1. The average molecular weight is 276 g/mol. The summed E-state index contributed by atoms with van der Waals surface area (Å²) in [6.45, 7) is 0. The number of ether oxygens (including phenoxy) is 1. The minimum Gasteiger partial charge on any atom is -0.469 e. The Balaban J connectivity index is 1.88. The number of nitrogens with two attached hydrogens (primary N) is 1. The number of carbonyl (C=O) groups excluding carboxylic acids is 2. The molecule has 0 aliphatic heterocycles. The third kappa shape index (κ3) is 3.29. The second-order valence-electron chi connectivity index (χ2n) is 5.13. The highest BCUT2D eigenvalue weighted by molar-refractivity contribution is 5.99. The largest absolute Gasteiger partial charge is 0.469 e. The molecule has 0 spiro atoms. The molecule has 1 aliphatic rings. The van der Waals surface area contributed by atoms with Crippen LogP contribution in [0.25, 0.3) is 0 Å². The van der Waals surface area contributed by atoms with E-state index in [0.29, 0.717) is 11.3 Å². The predicted octanol–water partition coefficient (Wildman–Crippen LogP) is 1.73. The first-order valence-electron chi connectivity index (χ1n) is 6.85. The molecule has 1 fully saturated rings. The van der Waals surface area contributed by atoms with E-state index in [-0.39, 0.29) is 23.8 Å². The SMILES string of the molecule is COC(=O)C1CCC(NC(=O)c2ccccc2N)CC1. The van der Waals surface area contributed by atoms with Crippen molar-refractivity contribution in [1.82, 2.24) is 5.32 Å². The molecule has 0 heterocycles. The molecule has 0 bridgehead atoms. The van der Waals surface area contributed by atoms with E-state index in [9.17, 15) is 9.59 Å². The first kappa shape index (κ1) is 14.4. The van der Waals surface area contributed by atoms with Gasteiger partial charge in [-0.1, -0.05) is 12.1 Å². The van der Waals surface area contributed by atoms with Crippen molar-refractivity contribution in [2.24, 2.45) is 5.92 Å². The van der Waals surface area contributed by atoms with Crippen LogP contribution in [0.3, 0.4) is 0 Å². The fourth-order valence-corrected chi connectivity index (χ4v) is 2.61. The number of carbonyl (C=O) groups is 2. The molecule has 3 N–H and O–H groups in total. The Morgan fingerprint density at radius 3 is 2.45 bits per heavy atom. The van der Waals surface area contributed by atoms with Gasteiger partial charge in [0, 0.05) is 11.7 Å². The highest BCUT2D eigenvalue weighted by Crippen LogP contribution is 2.25. The summed E-state index contributed by atoms with van der Waals surface area (Å²) in [6, 6.07) is 7.11. The quantitative estimate of drug-likeness (QED) is 0.650. The lowest BCUT2D eigenvalue weighted by molar-refractivity contribution is -0.146. The van der Waals surface area contributed by atoms with Gasteiger partial charge in [-0.25, -0.2) is 0 Å². The van der Waals surface area contributed by atoms with Crippen LogP contribution >= 0.6 is 0 Å². The number of benzene rings is 1. The molecule has 2 rings (SSSR count). The van der Waals surface area contributed by atoms with Crippen LogP contribution in [-0.2, 0) is 9.53 Å². The zero-order chi connectivity index (χ0) is 14.5. The molecule has 108 valence electrons. The zero-order valence-electron chi connectivity index (χ0n) is 11.6. The van der Waals surface area contributed by atoms with Crippen molar-refractivity contribution in [3.63, 3.8) is 0 Å². The van der Waals surface area contributed by atoms with E-state index in [2.05, 4.69) is 5.32 Å².